The van der Waals surface area contributed by atoms with E-state index in [0.29, 0.717) is 0 Å². The zero-order valence-electron chi connectivity index (χ0n) is 11.5. The molecule has 4 rings (SSSR count). The first kappa shape index (κ1) is 12.0. The maximum atomic E-state index is 4.34. The summed E-state index contributed by atoms with van der Waals surface area (Å²) in [5.41, 5.74) is 4.65. The predicted molar refractivity (Wildman–Crippen MR) is 85.1 cm³/mol. The fourth-order valence-electron chi connectivity index (χ4n) is 2.67. The Labute approximate surface area is 122 Å². The minimum absolute atomic E-state index is 0.905. The molecule has 0 aliphatic rings. The van der Waals surface area contributed by atoms with E-state index in [1.165, 1.54) is 16.7 Å². The lowest BCUT2D eigenvalue weighted by Gasteiger charge is -2.05. The van der Waals surface area contributed by atoms with Crippen LogP contribution in [-0.2, 0) is 6.54 Å². The van der Waals surface area contributed by atoms with Crippen molar-refractivity contribution in [3.63, 3.8) is 0 Å². The molecule has 4 aromatic rings. The summed E-state index contributed by atoms with van der Waals surface area (Å²) in [4.78, 5) is 7.56. The Morgan fingerprint density at radius 3 is 2.57 bits per heavy atom. The second kappa shape index (κ2) is 4.94. The molecule has 0 saturated carbocycles. The van der Waals surface area contributed by atoms with Crippen LogP contribution in [0, 0.1) is 0 Å². The highest BCUT2D eigenvalue weighted by Crippen LogP contribution is 2.27. The second-order valence-corrected chi connectivity index (χ2v) is 5.15. The molecule has 102 valence electrons. The van der Waals surface area contributed by atoms with Crippen molar-refractivity contribution in [1.29, 1.82) is 0 Å². The summed E-state index contributed by atoms with van der Waals surface area (Å²) in [5.74, 6) is 0. The molecule has 0 spiro atoms. The number of hydrogen-bond acceptors (Lipinski definition) is 1. The van der Waals surface area contributed by atoms with Crippen molar-refractivity contribution in [1.82, 2.24) is 14.5 Å². The topological polar surface area (TPSA) is 33.6 Å². The molecular formula is C18H15N3. The molecule has 0 bridgehead atoms. The summed E-state index contributed by atoms with van der Waals surface area (Å²) in [6, 6.07) is 16.9. The van der Waals surface area contributed by atoms with Crippen molar-refractivity contribution < 1.29 is 0 Å². The number of hydrogen-bond donors (Lipinski definition) is 1. The van der Waals surface area contributed by atoms with Crippen LogP contribution < -0.4 is 0 Å². The molecule has 3 aromatic heterocycles. The normalized spacial score (nSPS) is 11.0. The van der Waals surface area contributed by atoms with Crippen LogP contribution in [0.1, 0.15) is 5.56 Å². The molecule has 0 radical (unpaired) electrons. The SMILES string of the molecule is c1cnc2[nH]cc(-c3ccc(Cn4cccc4)cc3)c2c1. The van der Waals surface area contributed by atoms with Gasteiger partial charge in [-0.25, -0.2) is 4.98 Å². The van der Waals surface area contributed by atoms with Crippen LogP contribution in [0.25, 0.3) is 22.2 Å². The van der Waals surface area contributed by atoms with E-state index in [0.717, 1.165) is 17.6 Å². The van der Waals surface area contributed by atoms with Crippen LogP contribution in [0.4, 0.5) is 0 Å². The number of H-pyrrole nitrogens is 1. The van der Waals surface area contributed by atoms with E-state index in [-0.39, 0.29) is 0 Å². The third-order valence-corrected chi connectivity index (χ3v) is 3.75. The molecule has 1 N–H and O–H groups in total. The number of nitrogens with one attached hydrogen (secondary N) is 1. The highest BCUT2D eigenvalue weighted by Gasteiger charge is 2.06. The van der Waals surface area contributed by atoms with Gasteiger partial charge in [0.05, 0.1) is 0 Å². The van der Waals surface area contributed by atoms with Crippen LogP contribution in [-0.4, -0.2) is 14.5 Å². The summed E-state index contributed by atoms with van der Waals surface area (Å²) in [6.45, 7) is 0.905. The summed E-state index contributed by atoms with van der Waals surface area (Å²) in [7, 11) is 0. The number of nitrogens with zero attached hydrogens (tertiary/aromatic N) is 2. The van der Waals surface area contributed by atoms with Gasteiger partial charge >= 0.3 is 0 Å². The van der Waals surface area contributed by atoms with Gasteiger partial charge in [-0.2, -0.15) is 0 Å². The van der Waals surface area contributed by atoms with E-state index in [2.05, 4.69) is 57.3 Å². The van der Waals surface area contributed by atoms with E-state index in [1.54, 1.807) is 0 Å². The summed E-state index contributed by atoms with van der Waals surface area (Å²) < 4.78 is 2.17. The Morgan fingerprint density at radius 1 is 0.952 bits per heavy atom. The number of aromatic amines is 1. The van der Waals surface area contributed by atoms with Crippen molar-refractivity contribution in [3.05, 3.63) is 78.9 Å². The Balaban J connectivity index is 1.67. The number of aromatic nitrogens is 3. The van der Waals surface area contributed by atoms with Crippen LogP contribution >= 0.6 is 0 Å². The Morgan fingerprint density at radius 2 is 1.76 bits per heavy atom. The third kappa shape index (κ3) is 2.23. The van der Waals surface area contributed by atoms with Gasteiger partial charge in [0, 0.05) is 42.3 Å². The molecule has 21 heavy (non-hydrogen) atoms. The number of fused-ring (bicyclic) bond motifs is 1. The first-order valence-electron chi connectivity index (χ1n) is 7.02. The van der Waals surface area contributed by atoms with Crippen LogP contribution in [0.15, 0.2) is 73.3 Å². The van der Waals surface area contributed by atoms with Gasteiger partial charge in [0.15, 0.2) is 0 Å². The standard InChI is InChI=1S/C18H15N3/c1-2-11-21(10-1)13-14-5-7-15(8-6-14)17-12-20-18-16(17)4-3-9-19-18/h1-12H,13H2,(H,19,20). The molecule has 0 aliphatic heterocycles. The molecule has 0 atom stereocenters. The summed E-state index contributed by atoms with van der Waals surface area (Å²) in [6.07, 6.45) is 8.00. The minimum atomic E-state index is 0.905. The van der Waals surface area contributed by atoms with Crippen molar-refractivity contribution in [2.45, 2.75) is 6.54 Å². The van der Waals surface area contributed by atoms with Crippen LogP contribution in [0.2, 0.25) is 0 Å². The first-order valence-corrected chi connectivity index (χ1v) is 7.02. The smallest absolute Gasteiger partial charge is 0.137 e. The van der Waals surface area contributed by atoms with Crippen molar-refractivity contribution in [2.75, 3.05) is 0 Å². The van der Waals surface area contributed by atoms with Gasteiger partial charge in [-0.15, -0.1) is 0 Å². The fraction of sp³-hybridized carbons (Fsp3) is 0.0556. The lowest BCUT2D eigenvalue weighted by molar-refractivity contribution is 0.806. The number of pyridine rings is 1. The van der Waals surface area contributed by atoms with Crippen molar-refractivity contribution in [2.24, 2.45) is 0 Å². The molecule has 0 unspecified atom stereocenters. The lowest BCUT2D eigenvalue weighted by Crippen LogP contribution is -1.95. The maximum absolute atomic E-state index is 4.34. The zero-order valence-corrected chi connectivity index (χ0v) is 11.5. The average molecular weight is 273 g/mol. The maximum Gasteiger partial charge on any atom is 0.137 e. The van der Waals surface area contributed by atoms with Crippen molar-refractivity contribution >= 4 is 11.0 Å². The highest BCUT2D eigenvalue weighted by atomic mass is 14.9. The third-order valence-electron chi connectivity index (χ3n) is 3.75. The van der Waals surface area contributed by atoms with Gasteiger partial charge in [-0.05, 0) is 35.4 Å². The molecule has 3 nitrogen and oxygen atoms in total. The molecule has 3 heteroatoms. The largest absolute Gasteiger partial charge is 0.350 e. The van der Waals surface area contributed by atoms with Gasteiger partial charge < -0.3 is 9.55 Å². The molecule has 0 fully saturated rings. The predicted octanol–water partition coefficient (Wildman–Crippen LogP) is 4.08. The Hall–Kier alpha value is -2.81. The molecular weight excluding hydrogens is 258 g/mol. The van der Waals surface area contributed by atoms with Gasteiger partial charge in [0.25, 0.3) is 0 Å². The summed E-state index contributed by atoms with van der Waals surface area (Å²) >= 11 is 0. The fourth-order valence-corrected chi connectivity index (χ4v) is 2.67. The molecule has 1 aromatic carbocycles. The van der Waals surface area contributed by atoms with Crippen molar-refractivity contribution in [3.8, 4) is 11.1 Å². The number of rotatable bonds is 3. The Kier molecular flexibility index (Phi) is 2.82. The highest BCUT2D eigenvalue weighted by molar-refractivity contribution is 5.93. The van der Waals surface area contributed by atoms with Gasteiger partial charge in [0.1, 0.15) is 5.65 Å². The average Bonchev–Trinajstić information content (AvgIpc) is 3.17. The first-order chi connectivity index (χ1) is 10.4. The summed E-state index contributed by atoms with van der Waals surface area (Å²) in [5, 5.41) is 1.16. The lowest BCUT2D eigenvalue weighted by atomic mass is 10.0. The van der Waals surface area contributed by atoms with E-state index >= 15 is 0 Å². The van der Waals surface area contributed by atoms with Gasteiger partial charge in [-0.1, -0.05) is 24.3 Å². The van der Waals surface area contributed by atoms with E-state index in [4.69, 9.17) is 0 Å². The van der Waals surface area contributed by atoms with E-state index in [1.807, 2.05) is 30.6 Å². The van der Waals surface area contributed by atoms with Gasteiger partial charge in [0.2, 0.25) is 0 Å². The van der Waals surface area contributed by atoms with Crippen LogP contribution in [0.5, 0.6) is 0 Å². The Bertz CT molecular complexity index is 855. The van der Waals surface area contributed by atoms with E-state index < -0.39 is 0 Å². The zero-order chi connectivity index (χ0) is 14.1. The van der Waals surface area contributed by atoms with E-state index in [9.17, 15) is 0 Å². The number of benzene rings is 1. The quantitative estimate of drug-likeness (QED) is 0.599. The second-order valence-electron chi connectivity index (χ2n) is 5.15. The monoisotopic (exact) mass is 273 g/mol. The molecule has 0 aliphatic carbocycles. The molecule has 0 saturated heterocycles. The van der Waals surface area contributed by atoms with Crippen LogP contribution in [0.3, 0.4) is 0 Å². The van der Waals surface area contributed by atoms with Gasteiger partial charge in [-0.3, -0.25) is 0 Å². The molecule has 3 heterocycles. The minimum Gasteiger partial charge on any atom is -0.350 e. The molecule has 0 amide bonds.